The molecule has 0 amide bonds. The molecule has 1 rings (SSSR count). The number of aryl methyl sites for hydroxylation is 1. The number of likely N-dealkylation sites (N-methyl/N-ethyl adjacent to an activating group) is 1. The molecule has 1 aromatic rings. The van der Waals surface area contributed by atoms with Gasteiger partial charge in [-0.25, -0.2) is 0 Å². The van der Waals surface area contributed by atoms with Crippen LogP contribution < -0.4 is 5.32 Å². The van der Waals surface area contributed by atoms with E-state index >= 15 is 0 Å². The molecule has 0 aliphatic carbocycles. The lowest BCUT2D eigenvalue weighted by Gasteiger charge is -2.43. The summed E-state index contributed by atoms with van der Waals surface area (Å²) in [6, 6.07) is 0.308. The lowest BCUT2D eigenvalue weighted by Crippen LogP contribution is -2.52. The first-order valence-corrected chi connectivity index (χ1v) is 8.51. The molecule has 0 fully saturated rings. The van der Waals surface area contributed by atoms with E-state index in [0.29, 0.717) is 6.04 Å². The van der Waals surface area contributed by atoms with Gasteiger partial charge in [0.2, 0.25) is 0 Å². The standard InChI is InChI=1S/C17H34N4/c1-7-11-18-16(17(5,6)20(9-3)10-4)15-13-19-21(14-15)12-8-2/h13-14,16,18H,7-12H2,1-6H3. The monoisotopic (exact) mass is 294 g/mol. The van der Waals surface area contributed by atoms with Crippen molar-refractivity contribution in [1.82, 2.24) is 20.0 Å². The van der Waals surface area contributed by atoms with E-state index in [1.165, 1.54) is 5.56 Å². The highest BCUT2D eigenvalue weighted by Crippen LogP contribution is 2.31. The average molecular weight is 294 g/mol. The van der Waals surface area contributed by atoms with Gasteiger partial charge in [-0.2, -0.15) is 5.10 Å². The molecule has 0 aromatic carbocycles. The molecule has 4 nitrogen and oxygen atoms in total. The Balaban J connectivity index is 3.02. The van der Waals surface area contributed by atoms with Gasteiger partial charge >= 0.3 is 0 Å². The second-order valence-electron chi connectivity index (χ2n) is 6.25. The second kappa shape index (κ2) is 8.54. The first-order chi connectivity index (χ1) is 10.0. The van der Waals surface area contributed by atoms with Crippen molar-refractivity contribution >= 4 is 0 Å². The zero-order chi connectivity index (χ0) is 15.9. The van der Waals surface area contributed by atoms with Gasteiger partial charge in [-0.05, 0) is 46.3 Å². The van der Waals surface area contributed by atoms with Crippen LogP contribution in [0.15, 0.2) is 12.4 Å². The first kappa shape index (κ1) is 18.2. The maximum Gasteiger partial charge on any atom is 0.0538 e. The van der Waals surface area contributed by atoms with Crippen molar-refractivity contribution in [2.75, 3.05) is 19.6 Å². The molecule has 122 valence electrons. The fourth-order valence-corrected chi connectivity index (χ4v) is 3.17. The van der Waals surface area contributed by atoms with Crippen molar-refractivity contribution in [1.29, 1.82) is 0 Å². The predicted octanol–water partition coefficient (Wildman–Crippen LogP) is 3.45. The van der Waals surface area contributed by atoms with Gasteiger partial charge in [-0.3, -0.25) is 9.58 Å². The lowest BCUT2D eigenvalue weighted by molar-refractivity contribution is 0.0911. The van der Waals surface area contributed by atoms with Gasteiger partial charge in [-0.15, -0.1) is 0 Å². The number of nitrogens with one attached hydrogen (secondary N) is 1. The number of nitrogens with zero attached hydrogens (tertiary/aromatic N) is 3. The highest BCUT2D eigenvalue weighted by Gasteiger charge is 2.35. The Bertz CT molecular complexity index is 393. The van der Waals surface area contributed by atoms with Gasteiger partial charge in [0, 0.05) is 23.8 Å². The predicted molar refractivity (Wildman–Crippen MR) is 90.6 cm³/mol. The Labute approximate surface area is 130 Å². The highest BCUT2D eigenvalue weighted by atomic mass is 15.3. The molecule has 0 saturated carbocycles. The molecule has 0 saturated heterocycles. The van der Waals surface area contributed by atoms with E-state index in [4.69, 9.17) is 0 Å². The van der Waals surface area contributed by atoms with Gasteiger partial charge in [0.25, 0.3) is 0 Å². The minimum Gasteiger partial charge on any atom is -0.308 e. The summed E-state index contributed by atoms with van der Waals surface area (Å²) in [5.74, 6) is 0. The molecule has 1 N–H and O–H groups in total. The van der Waals surface area contributed by atoms with Crippen LogP contribution in [0, 0.1) is 0 Å². The Morgan fingerprint density at radius 3 is 2.38 bits per heavy atom. The Kier molecular flexibility index (Phi) is 7.40. The average Bonchev–Trinajstić information content (AvgIpc) is 2.89. The first-order valence-electron chi connectivity index (χ1n) is 8.51. The Morgan fingerprint density at radius 2 is 1.86 bits per heavy atom. The molecule has 1 aromatic heterocycles. The minimum atomic E-state index is 0.0682. The van der Waals surface area contributed by atoms with E-state index < -0.39 is 0 Å². The zero-order valence-corrected chi connectivity index (χ0v) is 14.8. The van der Waals surface area contributed by atoms with Crippen LogP contribution in [0.2, 0.25) is 0 Å². The van der Waals surface area contributed by atoms with Gasteiger partial charge in [0.05, 0.1) is 12.2 Å². The fraction of sp³-hybridized carbons (Fsp3) is 0.824. The van der Waals surface area contributed by atoms with Crippen molar-refractivity contribution in [3.63, 3.8) is 0 Å². The van der Waals surface area contributed by atoms with E-state index in [-0.39, 0.29) is 5.54 Å². The van der Waals surface area contributed by atoms with Crippen molar-refractivity contribution in [3.05, 3.63) is 18.0 Å². The van der Waals surface area contributed by atoms with Crippen LogP contribution in [-0.2, 0) is 6.54 Å². The van der Waals surface area contributed by atoms with E-state index in [2.05, 4.69) is 67.7 Å². The van der Waals surface area contributed by atoms with Crippen molar-refractivity contribution < 1.29 is 0 Å². The summed E-state index contributed by atoms with van der Waals surface area (Å²) >= 11 is 0. The number of aromatic nitrogens is 2. The number of rotatable bonds is 10. The maximum absolute atomic E-state index is 4.52. The maximum atomic E-state index is 4.52. The van der Waals surface area contributed by atoms with Crippen LogP contribution in [0.4, 0.5) is 0 Å². The van der Waals surface area contributed by atoms with Crippen molar-refractivity contribution in [2.24, 2.45) is 0 Å². The summed E-state index contributed by atoms with van der Waals surface area (Å²) in [5, 5.41) is 8.25. The fourth-order valence-electron chi connectivity index (χ4n) is 3.17. The largest absolute Gasteiger partial charge is 0.308 e. The van der Waals surface area contributed by atoms with E-state index in [1.807, 2.05) is 6.20 Å². The van der Waals surface area contributed by atoms with Crippen molar-refractivity contribution in [3.8, 4) is 0 Å². The molecule has 0 aliphatic heterocycles. The third-order valence-electron chi connectivity index (χ3n) is 4.32. The molecule has 4 heteroatoms. The topological polar surface area (TPSA) is 33.1 Å². The lowest BCUT2D eigenvalue weighted by atomic mass is 9.88. The van der Waals surface area contributed by atoms with Crippen molar-refractivity contribution in [2.45, 2.75) is 72.5 Å². The molecule has 0 spiro atoms. The third kappa shape index (κ3) is 4.55. The molecule has 21 heavy (non-hydrogen) atoms. The van der Waals surface area contributed by atoms with Crippen LogP contribution in [0.25, 0.3) is 0 Å². The van der Waals surface area contributed by atoms with Gasteiger partial charge in [0.1, 0.15) is 0 Å². The van der Waals surface area contributed by atoms with Crippen LogP contribution in [-0.4, -0.2) is 39.9 Å². The van der Waals surface area contributed by atoms with Crippen LogP contribution in [0.3, 0.4) is 0 Å². The molecule has 0 radical (unpaired) electrons. The Morgan fingerprint density at radius 1 is 1.19 bits per heavy atom. The second-order valence-corrected chi connectivity index (χ2v) is 6.25. The van der Waals surface area contributed by atoms with E-state index in [9.17, 15) is 0 Å². The van der Waals surface area contributed by atoms with Crippen LogP contribution in [0.1, 0.15) is 66.0 Å². The van der Waals surface area contributed by atoms with Gasteiger partial charge in [0.15, 0.2) is 0 Å². The summed E-state index contributed by atoms with van der Waals surface area (Å²) in [4.78, 5) is 2.53. The molecule has 1 unspecified atom stereocenters. The van der Waals surface area contributed by atoms with Gasteiger partial charge < -0.3 is 5.32 Å². The highest BCUT2D eigenvalue weighted by molar-refractivity contribution is 5.16. The van der Waals surface area contributed by atoms with Gasteiger partial charge in [-0.1, -0.05) is 27.7 Å². The molecule has 0 aliphatic rings. The van der Waals surface area contributed by atoms with E-state index in [1.54, 1.807) is 0 Å². The molecule has 1 atom stereocenters. The minimum absolute atomic E-state index is 0.0682. The number of hydrogen-bond acceptors (Lipinski definition) is 3. The summed E-state index contributed by atoms with van der Waals surface area (Å²) in [6.45, 7) is 17.7. The SMILES string of the molecule is CCCNC(c1cnn(CCC)c1)C(C)(C)N(CC)CC. The van der Waals surface area contributed by atoms with Crippen LogP contribution >= 0.6 is 0 Å². The number of hydrogen-bond donors (Lipinski definition) is 1. The molecule has 0 bridgehead atoms. The zero-order valence-electron chi connectivity index (χ0n) is 14.8. The summed E-state index contributed by atoms with van der Waals surface area (Å²) in [6.07, 6.45) is 6.51. The van der Waals surface area contributed by atoms with E-state index in [0.717, 1.165) is 39.0 Å². The molecular weight excluding hydrogens is 260 g/mol. The Hall–Kier alpha value is -0.870. The smallest absolute Gasteiger partial charge is 0.0538 e. The molecule has 1 heterocycles. The normalized spacial score (nSPS) is 13.9. The summed E-state index contributed by atoms with van der Waals surface area (Å²) in [5.41, 5.74) is 1.37. The summed E-state index contributed by atoms with van der Waals surface area (Å²) < 4.78 is 2.06. The quantitative estimate of drug-likeness (QED) is 0.717. The third-order valence-corrected chi connectivity index (χ3v) is 4.32. The molecular formula is C17H34N4. The summed E-state index contributed by atoms with van der Waals surface area (Å²) in [7, 11) is 0. The van der Waals surface area contributed by atoms with Crippen LogP contribution in [0.5, 0.6) is 0 Å².